The summed E-state index contributed by atoms with van der Waals surface area (Å²) >= 11 is 0. The van der Waals surface area contributed by atoms with Gasteiger partial charge in [0, 0.05) is 44.5 Å². The molecule has 1 atom stereocenters. The third-order valence-corrected chi connectivity index (χ3v) is 4.84. The molecule has 0 amide bonds. The van der Waals surface area contributed by atoms with Crippen LogP contribution in [-0.4, -0.2) is 65.5 Å². The summed E-state index contributed by atoms with van der Waals surface area (Å²) in [5, 5.41) is 12.6. The molecule has 2 aliphatic rings. The highest BCUT2D eigenvalue weighted by atomic mass is 16.5. The zero-order valence-electron chi connectivity index (χ0n) is 14.7. The molecule has 2 saturated heterocycles. The number of nitrogens with one attached hydrogen (secondary N) is 1. The second-order valence-corrected chi connectivity index (χ2v) is 6.62. The molecule has 0 aromatic carbocycles. The molecule has 2 N–H and O–H groups in total. The first-order chi connectivity index (χ1) is 12.8. The van der Waals surface area contributed by atoms with E-state index in [4.69, 9.17) is 9.84 Å². The normalized spacial score (nSPS) is 20.4. The number of anilines is 3. The standard InChI is InChI=1S/C18H24N6O2/c25-12-14-1-2-16(19-10-14)22-15-3-4-24(11-15)18-9-17(20-13-21-18)23-5-7-26-8-6-23/h1-2,9-10,13,15,25H,3-8,11-12H2,(H,19,22). The molecule has 4 rings (SSSR count). The number of morpholine rings is 1. The van der Waals surface area contributed by atoms with Crippen molar-refractivity contribution in [1.82, 2.24) is 15.0 Å². The van der Waals surface area contributed by atoms with Gasteiger partial charge in [-0.15, -0.1) is 0 Å². The van der Waals surface area contributed by atoms with Gasteiger partial charge in [-0.25, -0.2) is 15.0 Å². The molecule has 2 aromatic heterocycles. The lowest BCUT2D eigenvalue weighted by atomic mass is 10.2. The van der Waals surface area contributed by atoms with Gasteiger partial charge in [-0.1, -0.05) is 6.07 Å². The first kappa shape index (κ1) is 17.0. The van der Waals surface area contributed by atoms with Crippen molar-refractivity contribution in [1.29, 1.82) is 0 Å². The molecule has 2 aromatic rings. The van der Waals surface area contributed by atoms with E-state index >= 15 is 0 Å². The number of rotatable bonds is 5. The SMILES string of the molecule is OCc1ccc(NC2CCN(c3cc(N4CCOCC4)ncn3)C2)nc1. The fourth-order valence-electron chi connectivity index (χ4n) is 3.37. The van der Waals surface area contributed by atoms with Crippen LogP contribution in [0.2, 0.25) is 0 Å². The molecule has 138 valence electrons. The zero-order chi connectivity index (χ0) is 17.8. The van der Waals surface area contributed by atoms with Crippen molar-refractivity contribution in [2.45, 2.75) is 19.1 Å². The van der Waals surface area contributed by atoms with Gasteiger partial charge in [-0.3, -0.25) is 0 Å². The number of ether oxygens (including phenoxy) is 1. The Labute approximate surface area is 152 Å². The van der Waals surface area contributed by atoms with Gasteiger partial charge in [0.2, 0.25) is 0 Å². The Balaban J connectivity index is 1.38. The van der Waals surface area contributed by atoms with Crippen molar-refractivity contribution in [3.05, 3.63) is 36.3 Å². The number of aromatic nitrogens is 3. The fourth-order valence-corrected chi connectivity index (χ4v) is 3.37. The minimum absolute atomic E-state index is 0.0175. The van der Waals surface area contributed by atoms with Crippen molar-refractivity contribution in [3.63, 3.8) is 0 Å². The van der Waals surface area contributed by atoms with Crippen LogP contribution in [0.3, 0.4) is 0 Å². The van der Waals surface area contributed by atoms with Gasteiger partial charge in [0.15, 0.2) is 0 Å². The molecule has 0 radical (unpaired) electrons. The molecule has 0 aliphatic carbocycles. The van der Waals surface area contributed by atoms with Gasteiger partial charge in [-0.05, 0) is 18.1 Å². The Morgan fingerprint density at radius 1 is 1.08 bits per heavy atom. The Morgan fingerprint density at radius 3 is 2.62 bits per heavy atom. The van der Waals surface area contributed by atoms with E-state index in [1.807, 2.05) is 12.1 Å². The lowest BCUT2D eigenvalue weighted by Crippen LogP contribution is -2.37. The second kappa shape index (κ2) is 7.84. The van der Waals surface area contributed by atoms with E-state index in [2.05, 4.69) is 36.1 Å². The van der Waals surface area contributed by atoms with E-state index in [1.54, 1.807) is 12.5 Å². The Bertz CT molecular complexity index is 720. The number of aliphatic hydroxyl groups excluding tert-OH is 1. The van der Waals surface area contributed by atoms with Crippen molar-refractivity contribution >= 4 is 17.5 Å². The molecular formula is C18H24N6O2. The molecule has 0 bridgehead atoms. The van der Waals surface area contributed by atoms with Crippen LogP contribution < -0.4 is 15.1 Å². The third-order valence-electron chi connectivity index (χ3n) is 4.84. The minimum atomic E-state index is 0.0175. The number of pyridine rings is 1. The molecule has 2 fully saturated rings. The quantitative estimate of drug-likeness (QED) is 0.817. The molecule has 0 spiro atoms. The van der Waals surface area contributed by atoms with Crippen LogP contribution in [0.15, 0.2) is 30.7 Å². The number of hydrogen-bond donors (Lipinski definition) is 2. The summed E-state index contributed by atoms with van der Waals surface area (Å²) in [4.78, 5) is 17.8. The lowest BCUT2D eigenvalue weighted by Gasteiger charge is -2.28. The van der Waals surface area contributed by atoms with Gasteiger partial charge in [-0.2, -0.15) is 0 Å². The summed E-state index contributed by atoms with van der Waals surface area (Å²) in [7, 11) is 0. The molecule has 8 nitrogen and oxygen atoms in total. The number of hydrogen-bond acceptors (Lipinski definition) is 8. The van der Waals surface area contributed by atoms with Crippen molar-refractivity contribution in [2.24, 2.45) is 0 Å². The Hall–Kier alpha value is -2.45. The summed E-state index contributed by atoms with van der Waals surface area (Å²) in [5.41, 5.74) is 0.820. The van der Waals surface area contributed by atoms with Gasteiger partial charge < -0.3 is 25.0 Å². The maximum atomic E-state index is 9.10. The van der Waals surface area contributed by atoms with Crippen LogP contribution >= 0.6 is 0 Å². The largest absolute Gasteiger partial charge is 0.392 e. The van der Waals surface area contributed by atoms with Gasteiger partial charge in [0.05, 0.1) is 19.8 Å². The maximum absolute atomic E-state index is 9.10. The first-order valence-electron chi connectivity index (χ1n) is 9.04. The van der Waals surface area contributed by atoms with E-state index in [1.165, 1.54) is 0 Å². The lowest BCUT2D eigenvalue weighted by molar-refractivity contribution is 0.122. The van der Waals surface area contributed by atoms with Crippen LogP contribution in [0.1, 0.15) is 12.0 Å². The van der Waals surface area contributed by atoms with Gasteiger partial charge in [0.25, 0.3) is 0 Å². The summed E-state index contributed by atoms with van der Waals surface area (Å²) in [6.07, 6.45) is 4.38. The fraction of sp³-hybridized carbons (Fsp3) is 0.500. The van der Waals surface area contributed by atoms with Crippen LogP contribution in [0.4, 0.5) is 17.5 Å². The second-order valence-electron chi connectivity index (χ2n) is 6.62. The average molecular weight is 356 g/mol. The van der Waals surface area contributed by atoms with E-state index in [-0.39, 0.29) is 6.61 Å². The van der Waals surface area contributed by atoms with Gasteiger partial charge in [0.1, 0.15) is 23.8 Å². The van der Waals surface area contributed by atoms with Gasteiger partial charge >= 0.3 is 0 Å². The van der Waals surface area contributed by atoms with Crippen molar-refractivity contribution < 1.29 is 9.84 Å². The highest BCUT2D eigenvalue weighted by Crippen LogP contribution is 2.23. The summed E-state index contributed by atoms with van der Waals surface area (Å²) in [6, 6.07) is 6.20. The molecule has 1 unspecified atom stereocenters. The molecule has 2 aliphatic heterocycles. The van der Waals surface area contributed by atoms with E-state index < -0.39 is 0 Å². The van der Waals surface area contributed by atoms with Crippen LogP contribution in [0.5, 0.6) is 0 Å². The van der Waals surface area contributed by atoms with Crippen LogP contribution in [0, 0.1) is 0 Å². The first-order valence-corrected chi connectivity index (χ1v) is 9.04. The molecule has 0 saturated carbocycles. The average Bonchev–Trinajstić information content (AvgIpc) is 3.18. The highest BCUT2D eigenvalue weighted by molar-refractivity contribution is 5.51. The molecular weight excluding hydrogens is 332 g/mol. The smallest absolute Gasteiger partial charge is 0.134 e. The van der Waals surface area contributed by atoms with Crippen LogP contribution in [-0.2, 0) is 11.3 Å². The number of nitrogens with zero attached hydrogens (tertiary/aromatic N) is 5. The maximum Gasteiger partial charge on any atom is 0.134 e. The Morgan fingerprint density at radius 2 is 1.88 bits per heavy atom. The van der Waals surface area contributed by atoms with Crippen molar-refractivity contribution in [3.8, 4) is 0 Å². The zero-order valence-corrected chi connectivity index (χ0v) is 14.7. The summed E-state index contributed by atoms with van der Waals surface area (Å²) in [5.74, 6) is 2.77. The highest BCUT2D eigenvalue weighted by Gasteiger charge is 2.24. The van der Waals surface area contributed by atoms with Crippen LogP contribution in [0.25, 0.3) is 0 Å². The molecule has 26 heavy (non-hydrogen) atoms. The third kappa shape index (κ3) is 3.86. The predicted octanol–water partition coefficient (Wildman–Crippen LogP) is 0.891. The molecule has 8 heteroatoms. The Kier molecular flexibility index (Phi) is 5.12. The topological polar surface area (TPSA) is 86.6 Å². The van der Waals surface area contributed by atoms with Crippen molar-refractivity contribution in [2.75, 3.05) is 54.5 Å². The van der Waals surface area contributed by atoms with E-state index in [9.17, 15) is 0 Å². The number of aliphatic hydroxyl groups is 1. The minimum Gasteiger partial charge on any atom is -0.392 e. The monoisotopic (exact) mass is 356 g/mol. The van der Waals surface area contributed by atoms with E-state index in [0.29, 0.717) is 6.04 Å². The van der Waals surface area contributed by atoms with E-state index in [0.717, 1.165) is 68.8 Å². The summed E-state index contributed by atoms with van der Waals surface area (Å²) < 4.78 is 5.41. The molecule has 4 heterocycles. The predicted molar refractivity (Wildman–Crippen MR) is 99.5 cm³/mol. The summed E-state index contributed by atoms with van der Waals surface area (Å²) in [6.45, 7) is 5.08.